The summed E-state index contributed by atoms with van der Waals surface area (Å²) in [5.41, 5.74) is 2.88. The molecule has 0 radical (unpaired) electrons. The van der Waals surface area contributed by atoms with E-state index in [0.717, 1.165) is 16.7 Å². The van der Waals surface area contributed by atoms with E-state index < -0.39 is 9.84 Å². The molecule has 0 unspecified atom stereocenters. The molecule has 0 atom stereocenters. The molecule has 0 spiro atoms. The lowest BCUT2D eigenvalue weighted by Gasteiger charge is -2.08. The summed E-state index contributed by atoms with van der Waals surface area (Å²) in [5.74, 6) is -0.00856. The van der Waals surface area contributed by atoms with Gasteiger partial charge in [0.1, 0.15) is 0 Å². The third-order valence-corrected chi connectivity index (χ3v) is 4.55. The molecule has 4 nitrogen and oxygen atoms in total. The second kappa shape index (κ2) is 4.57. The Morgan fingerprint density at radius 2 is 2.00 bits per heavy atom. The van der Waals surface area contributed by atoms with Gasteiger partial charge in [-0.15, -0.1) is 0 Å². The molecule has 5 heteroatoms. The lowest BCUT2D eigenvalue weighted by Crippen LogP contribution is -2.11. The quantitative estimate of drug-likeness (QED) is 0.852. The maximum Gasteiger partial charge on any atom is 0.227 e. The average Bonchev–Trinajstić information content (AvgIpc) is 2.70. The van der Waals surface area contributed by atoms with Crippen LogP contribution in [0.1, 0.15) is 16.7 Å². The highest BCUT2D eigenvalue weighted by Gasteiger charge is 2.20. The van der Waals surface area contributed by atoms with Crippen molar-refractivity contribution in [1.82, 2.24) is 9.55 Å². The summed E-state index contributed by atoms with van der Waals surface area (Å²) in [4.78, 5) is 3.91. The largest absolute Gasteiger partial charge is 0.325 e. The minimum absolute atomic E-state index is 0.00856. The van der Waals surface area contributed by atoms with Gasteiger partial charge in [0.25, 0.3) is 0 Å². The van der Waals surface area contributed by atoms with Gasteiger partial charge in [0.2, 0.25) is 15.0 Å². The first-order valence-corrected chi connectivity index (χ1v) is 7.31. The van der Waals surface area contributed by atoms with Gasteiger partial charge >= 0.3 is 0 Å². The molecule has 96 valence electrons. The van der Waals surface area contributed by atoms with Crippen LogP contribution in [-0.4, -0.2) is 18.0 Å². The van der Waals surface area contributed by atoms with Gasteiger partial charge in [-0.05, 0) is 25.0 Å². The molecule has 0 bridgehead atoms. The van der Waals surface area contributed by atoms with Crippen LogP contribution in [0.5, 0.6) is 0 Å². The van der Waals surface area contributed by atoms with Gasteiger partial charge in [-0.3, -0.25) is 0 Å². The lowest BCUT2D eigenvalue weighted by atomic mass is 10.1. The fraction of sp³-hybridized carbons (Fsp3) is 0.308. The zero-order chi connectivity index (χ0) is 13.3. The molecule has 0 saturated carbocycles. The Hall–Kier alpha value is -1.62. The van der Waals surface area contributed by atoms with Gasteiger partial charge in [0.05, 0.1) is 5.75 Å². The third kappa shape index (κ3) is 2.46. The minimum atomic E-state index is -3.39. The van der Waals surface area contributed by atoms with Crippen LogP contribution in [0.15, 0.2) is 35.7 Å². The highest BCUT2D eigenvalue weighted by Crippen LogP contribution is 2.18. The van der Waals surface area contributed by atoms with Crippen LogP contribution < -0.4 is 0 Å². The standard InChI is InChI=1S/C13H16N2O2S/c1-10-4-5-11(2)12(8-10)9-18(16,17)13-14-6-7-15(13)3/h4-8H,9H2,1-3H3. The SMILES string of the molecule is Cc1ccc(C)c(CS(=O)(=O)c2nccn2C)c1. The normalized spacial score (nSPS) is 11.7. The Labute approximate surface area is 107 Å². The number of nitrogens with zero attached hydrogens (tertiary/aromatic N) is 2. The zero-order valence-electron chi connectivity index (χ0n) is 10.7. The molecule has 2 aromatic rings. The highest BCUT2D eigenvalue weighted by atomic mass is 32.2. The molecular formula is C13H16N2O2S. The Balaban J connectivity index is 2.40. The number of hydrogen-bond donors (Lipinski definition) is 0. The topological polar surface area (TPSA) is 52.0 Å². The van der Waals surface area contributed by atoms with Crippen molar-refractivity contribution in [3.05, 3.63) is 47.3 Å². The van der Waals surface area contributed by atoms with Gasteiger partial charge in [-0.1, -0.05) is 23.8 Å². The van der Waals surface area contributed by atoms with Crippen LogP contribution in [0.3, 0.4) is 0 Å². The fourth-order valence-corrected chi connectivity index (χ4v) is 3.45. The molecule has 18 heavy (non-hydrogen) atoms. The second-order valence-electron chi connectivity index (χ2n) is 4.51. The van der Waals surface area contributed by atoms with E-state index in [1.54, 1.807) is 13.2 Å². The Bertz CT molecular complexity index is 672. The van der Waals surface area contributed by atoms with Crippen LogP contribution in [0.2, 0.25) is 0 Å². The van der Waals surface area contributed by atoms with E-state index in [0.29, 0.717) is 0 Å². The first-order chi connectivity index (χ1) is 8.40. The second-order valence-corrected chi connectivity index (χ2v) is 6.39. The zero-order valence-corrected chi connectivity index (χ0v) is 11.5. The van der Waals surface area contributed by atoms with Crippen LogP contribution in [0, 0.1) is 13.8 Å². The molecule has 1 heterocycles. The number of sulfone groups is 1. The summed E-state index contributed by atoms with van der Waals surface area (Å²) in [6.45, 7) is 3.87. The van der Waals surface area contributed by atoms with Crippen molar-refractivity contribution in [2.45, 2.75) is 24.8 Å². The third-order valence-electron chi connectivity index (χ3n) is 2.91. The number of benzene rings is 1. The van der Waals surface area contributed by atoms with E-state index in [9.17, 15) is 8.42 Å². The number of rotatable bonds is 3. The molecule has 1 aromatic heterocycles. The predicted octanol–water partition coefficient (Wildman–Crippen LogP) is 2.01. The van der Waals surface area contributed by atoms with E-state index in [1.165, 1.54) is 10.8 Å². The van der Waals surface area contributed by atoms with E-state index in [-0.39, 0.29) is 10.9 Å². The molecule has 0 aliphatic carbocycles. The molecule has 0 amide bonds. The molecule has 0 fully saturated rings. The molecule has 0 aliphatic heterocycles. The van der Waals surface area contributed by atoms with Crippen LogP contribution >= 0.6 is 0 Å². The Morgan fingerprint density at radius 1 is 1.28 bits per heavy atom. The van der Waals surface area contributed by atoms with Crippen molar-refractivity contribution in [3.63, 3.8) is 0 Å². The summed E-state index contributed by atoms with van der Waals surface area (Å²) < 4.78 is 26.1. The summed E-state index contributed by atoms with van der Waals surface area (Å²) in [7, 11) is -1.70. The van der Waals surface area contributed by atoms with Crippen molar-refractivity contribution in [1.29, 1.82) is 0 Å². The van der Waals surface area contributed by atoms with Gasteiger partial charge < -0.3 is 4.57 Å². The molecule has 2 rings (SSSR count). The molecule has 0 N–H and O–H groups in total. The number of aryl methyl sites for hydroxylation is 3. The molecule has 0 saturated heterocycles. The van der Waals surface area contributed by atoms with Crippen molar-refractivity contribution in [2.75, 3.05) is 0 Å². The summed E-state index contributed by atoms with van der Waals surface area (Å²) >= 11 is 0. The van der Waals surface area contributed by atoms with Gasteiger partial charge in [-0.25, -0.2) is 13.4 Å². The first kappa shape index (κ1) is 12.8. The van der Waals surface area contributed by atoms with E-state index in [1.807, 2.05) is 32.0 Å². The molecule has 0 aliphatic rings. The van der Waals surface area contributed by atoms with E-state index >= 15 is 0 Å². The predicted molar refractivity (Wildman–Crippen MR) is 70.0 cm³/mol. The smallest absolute Gasteiger partial charge is 0.227 e. The van der Waals surface area contributed by atoms with Crippen LogP contribution in [0.25, 0.3) is 0 Å². The van der Waals surface area contributed by atoms with Gasteiger partial charge in [0.15, 0.2) is 0 Å². The van der Waals surface area contributed by atoms with Gasteiger partial charge in [-0.2, -0.15) is 0 Å². The van der Waals surface area contributed by atoms with Crippen molar-refractivity contribution in [3.8, 4) is 0 Å². The van der Waals surface area contributed by atoms with E-state index in [4.69, 9.17) is 0 Å². The van der Waals surface area contributed by atoms with Crippen LogP contribution in [-0.2, 0) is 22.6 Å². The average molecular weight is 264 g/mol. The highest BCUT2D eigenvalue weighted by molar-refractivity contribution is 7.90. The molecule has 1 aromatic carbocycles. The summed E-state index contributed by atoms with van der Waals surface area (Å²) in [6.07, 6.45) is 3.13. The van der Waals surface area contributed by atoms with E-state index in [2.05, 4.69) is 4.98 Å². The van der Waals surface area contributed by atoms with Crippen LogP contribution in [0.4, 0.5) is 0 Å². The monoisotopic (exact) mass is 264 g/mol. The minimum Gasteiger partial charge on any atom is -0.325 e. The Kier molecular flexibility index (Phi) is 3.26. The summed E-state index contributed by atoms with van der Waals surface area (Å²) in [5, 5.41) is 0.114. The Morgan fingerprint density at radius 3 is 2.61 bits per heavy atom. The van der Waals surface area contributed by atoms with Gasteiger partial charge in [0, 0.05) is 19.4 Å². The first-order valence-electron chi connectivity index (χ1n) is 5.66. The maximum atomic E-state index is 12.3. The maximum absolute atomic E-state index is 12.3. The van der Waals surface area contributed by atoms with Crippen molar-refractivity contribution < 1.29 is 8.42 Å². The van der Waals surface area contributed by atoms with Crippen molar-refractivity contribution in [2.24, 2.45) is 7.05 Å². The summed E-state index contributed by atoms with van der Waals surface area (Å²) in [6, 6.07) is 5.83. The number of hydrogen-bond acceptors (Lipinski definition) is 3. The van der Waals surface area contributed by atoms with Crippen molar-refractivity contribution >= 4 is 9.84 Å². The molecular weight excluding hydrogens is 248 g/mol. The lowest BCUT2D eigenvalue weighted by molar-refractivity contribution is 0.578. The fourth-order valence-electron chi connectivity index (χ4n) is 1.88. The number of aromatic nitrogens is 2. The number of imidazole rings is 1.